The maximum Gasteiger partial charge on any atom is 0.417 e. The number of hydrogen-bond acceptors (Lipinski definition) is 5. The zero-order valence-corrected chi connectivity index (χ0v) is 22.8. The first-order valence-corrected chi connectivity index (χ1v) is 12.7. The molecule has 2 aromatic carbocycles. The van der Waals surface area contributed by atoms with Crippen LogP contribution in [-0.2, 0) is 19.6 Å². The van der Waals surface area contributed by atoms with Gasteiger partial charge in [0.05, 0.1) is 28.7 Å². The van der Waals surface area contributed by atoms with Gasteiger partial charge < -0.3 is 10.6 Å². The molecule has 4 rings (SSSR count). The molecule has 2 heterocycles. The molecule has 0 radical (unpaired) electrons. The molecule has 0 aliphatic rings. The molecular weight excluding hydrogens is 531 g/mol. The molecule has 0 fully saturated rings. The van der Waals surface area contributed by atoms with Crippen molar-refractivity contribution in [2.75, 3.05) is 18.9 Å². The van der Waals surface area contributed by atoms with Crippen molar-refractivity contribution in [2.45, 2.75) is 39.3 Å². The van der Waals surface area contributed by atoms with Crippen molar-refractivity contribution in [1.29, 1.82) is 0 Å². The van der Waals surface area contributed by atoms with E-state index in [4.69, 9.17) is 11.6 Å². The van der Waals surface area contributed by atoms with E-state index in [0.717, 1.165) is 35.9 Å². The van der Waals surface area contributed by atoms with Crippen molar-refractivity contribution in [3.63, 3.8) is 0 Å². The van der Waals surface area contributed by atoms with E-state index < -0.39 is 17.6 Å². The highest BCUT2D eigenvalue weighted by Crippen LogP contribution is 2.39. The first-order valence-electron chi connectivity index (χ1n) is 12.4. The predicted octanol–water partition coefficient (Wildman–Crippen LogP) is 5.75. The lowest BCUT2D eigenvalue weighted by Gasteiger charge is -2.16. The number of amides is 1. The number of aromatic nitrogens is 5. The summed E-state index contributed by atoms with van der Waals surface area (Å²) < 4.78 is 44.5. The summed E-state index contributed by atoms with van der Waals surface area (Å²) in [6.45, 7) is 4.53. The Balaban J connectivity index is 1.61. The van der Waals surface area contributed by atoms with E-state index in [1.54, 1.807) is 40.0 Å². The van der Waals surface area contributed by atoms with Crippen LogP contribution in [0.15, 0.2) is 42.7 Å². The maximum absolute atomic E-state index is 13.7. The second-order valence-corrected chi connectivity index (χ2v) is 9.70. The zero-order valence-electron chi connectivity index (χ0n) is 22.0. The summed E-state index contributed by atoms with van der Waals surface area (Å²) in [7, 11) is 3.64. The lowest BCUT2D eigenvalue weighted by atomic mass is 10.0. The molecule has 2 N–H and O–H groups in total. The van der Waals surface area contributed by atoms with E-state index in [0.29, 0.717) is 29.8 Å². The Bertz CT molecular complexity index is 1490. The molecule has 0 bridgehead atoms. The van der Waals surface area contributed by atoms with Gasteiger partial charge in [0.1, 0.15) is 5.69 Å². The number of nitrogens with zero attached hydrogens (tertiary/aromatic N) is 5. The molecule has 0 unspecified atom stereocenters. The molecular formula is C27H29ClF3N7O. The van der Waals surface area contributed by atoms with Crippen LogP contribution in [0.4, 0.5) is 18.9 Å². The number of nitrogens with one attached hydrogen (secondary N) is 2. The van der Waals surface area contributed by atoms with Gasteiger partial charge in [0.2, 0.25) is 0 Å². The van der Waals surface area contributed by atoms with Crippen LogP contribution in [0.5, 0.6) is 0 Å². The first-order chi connectivity index (χ1) is 18.5. The Morgan fingerprint density at radius 1 is 1.13 bits per heavy atom. The topological polar surface area (TPSA) is 89.7 Å². The minimum Gasteiger partial charge on any atom is -0.322 e. The fourth-order valence-corrected chi connectivity index (χ4v) is 4.53. The number of carbonyl (C=O) groups is 1. The third-order valence-corrected chi connectivity index (χ3v) is 7.00. The largest absolute Gasteiger partial charge is 0.417 e. The summed E-state index contributed by atoms with van der Waals surface area (Å²) in [4.78, 5) is 13.1. The van der Waals surface area contributed by atoms with Gasteiger partial charge in [-0.25, -0.2) is 4.68 Å². The third-order valence-electron chi connectivity index (χ3n) is 6.56. The zero-order chi connectivity index (χ0) is 28.3. The molecule has 8 nitrogen and oxygen atoms in total. The van der Waals surface area contributed by atoms with E-state index in [1.165, 1.54) is 6.07 Å². The molecule has 0 aliphatic carbocycles. The highest BCUT2D eigenvalue weighted by Gasteiger charge is 2.34. The standard InChI is InChI=1S/C27H29ClF3N7O/c1-16-8-9-19(12-24(16)38-15-23(35-36-38)21-14-33-37(4)17(21)2)26(39)34-20-11-18(7-5-6-10-32-3)25(28)22(13-20)27(29,30)31/h8-9,11-15,32H,5-7,10H2,1-4H3,(H,34,39). The van der Waals surface area contributed by atoms with Crippen LogP contribution in [0.3, 0.4) is 0 Å². The number of benzene rings is 2. The molecule has 206 valence electrons. The summed E-state index contributed by atoms with van der Waals surface area (Å²) in [5.74, 6) is -0.559. The number of unbranched alkanes of at least 4 members (excludes halogenated alkanes) is 1. The summed E-state index contributed by atoms with van der Waals surface area (Å²) in [5.41, 5.74) is 3.47. The lowest BCUT2D eigenvalue weighted by Crippen LogP contribution is -2.15. The SMILES string of the molecule is CNCCCCc1cc(NC(=O)c2ccc(C)c(-n3cc(-c4cnn(C)c4C)nn3)c2)cc(C(F)(F)F)c1Cl. The van der Waals surface area contributed by atoms with Crippen molar-refractivity contribution in [2.24, 2.45) is 7.05 Å². The van der Waals surface area contributed by atoms with Crippen molar-refractivity contribution in [1.82, 2.24) is 30.1 Å². The molecule has 0 atom stereocenters. The van der Waals surface area contributed by atoms with E-state index >= 15 is 0 Å². The Morgan fingerprint density at radius 2 is 1.90 bits per heavy atom. The summed E-state index contributed by atoms with van der Waals surface area (Å²) >= 11 is 6.13. The number of alkyl halides is 3. The van der Waals surface area contributed by atoms with Crippen LogP contribution in [0.25, 0.3) is 16.9 Å². The fraction of sp³-hybridized carbons (Fsp3) is 0.333. The first kappa shape index (κ1) is 28.3. The van der Waals surface area contributed by atoms with Crippen LogP contribution >= 0.6 is 11.6 Å². The number of halogens is 4. The van der Waals surface area contributed by atoms with Crippen molar-refractivity contribution in [3.05, 3.63) is 75.7 Å². The quantitative estimate of drug-likeness (QED) is 0.255. The fourth-order valence-electron chi connectivity index (χ4n) is 4.22. The molecule has 2 aromatic heterocycles. The molecule has 1 amide bonds. The number of rotatable bonds is 9. The number of aryl methyl sites for hydroxylation is 3. The van der Waals surface area contributed by atoms with Crippen LogP contribution in [0, 0.1) is 13.8 Å². The Morgan fingerprint density at radius 3 is 2.56 bits per heavy atom. The van der Waals surface area contributed by atoms with Crippen LogP contribution in [-0.4, -0.2) is 44.3 Å². The molecule has 0 saturated carbocycles. The van der Waals surface area contributed by atoms with E-state index in [2.05, 4.69) is 26.0 Å². The maximum atomic E-state index is 13.7. The normalized spacial score (nSPS) is 11.7. The molecule has 0 saturated heterocycles. The van der Waals surface area contributed by atoms with Gasteiger partial charge in [0.15, 0.2) is 0 Å². The number of anilines is 1. The van der Waals surface area contributed by atoms with Gasteiger partial charge >= 0.3 is 6.18 Å². The second kappa shape index (κ2) is 11.6. The number of carbonyl (C=O) groups excluding carboxylic acids is 1. The van der Waals surface area contributed by atoms with Gasteiger partial charge in [-0.1, -0.05) is 22.9 Å². The highest BCUT2D eigenvalue weighted by atomic mass is 35.5. The van der Waals surface area contributed by atoms with Crippen molar-refractivity contribution < 1.29 is 18.0 Å². The van der Waals surface area contributed by atoms with Crippen molar-refractivity contribution in [3.8, 4) is 16.9 Å². The van der Waals surface area contributed by atoms with E-state index in [9.17, 15) is 18.0 Å². The van der Waals surface area contributed by atoms with Crippen LogP contribution in [0.1, 0.15) is 45.6 Å². The molecule has 0 aliphatic heterocycles. The monoisotopic (exact) mass is 559 g/mol. The molecule has 39 heavy (non-hydrogen) atoms. The van der Waals surface area contributed by atoms with Gasteiger partial charge in [-0.15, -0.1) is 5.10 Å². The van der Waals surface area contributed by atoms with Gasteiger partial charge in [0, 0.05) is 29.6 Å². The smallest absolute Gasteiger partial charge is 0.322 e. The summed E-state index contributed by atoms with van der Waals surface area (Å²) in [6, 6.07) is 7.35. The molecule has 4 aromatic rings. The van der Waals surface area contributed by atoms with E-state index in [-0.39, 0.29) is 16.3 Å². The lowest BCUT2D eigenvalue weighted by molar-refractivity contribution is -0.137. The van der Waals surface area contributed by atoms with Gasteiger partial charge in [0.25, 0.3) is 5.91 Å². The summed E-state index contributed by atoms with van der Waals surface area (Å²) in [5, 5.41) is 18.0. The minimum atomic E-state index is -4.66. The van der Waals surface area contributed by atoms with Crippen LogP contribution < -0.4 is 10.6 Å². The van der Waals surface area contributed by atoms with Crippen LogP contribution in [0.2, 0.25) is 5.02 Å². The van der Waals surface area contributed by atoms with Crippen molar-refractivity contribution >= 4 is 23.2 Å². The third kappa shape index (κ3) is 6.31. The summed E-state index contributed by atoms with van der Waals surface area (Å²) in [6.07, 6.45) is 0.565. The Kier molecular flexibility index (Phi) is 8.41. The predicted molar refractivity (Wildman–Crippen MR) is 144 cm³/mol. The molecule has 0 spiro atoms. The van der Waals surface area contributed by atoms with Gasteiger partial charge in [-0.2, -0.15) is 18.3 Å². The van der Waals surface area contributed by atoms with E-state index in [1.807, 2.05) is 27.9 Å². The van der Waals surface area contributed by atoms with Gasteiger partial charge in [-0.3, -0.25) is 9.48 Å². The highest BCUT2D eigenvalue weighted by molar-refractivity contribution is 6.32. The Hall–Kier alpha value is -3.70. The average molecular weight is 560 g/mol. The average Bonchev–Trinajstić information content (AvgIpc) is 3.49. The molecule has 12 heteroatoms. The van der Waals surface area contributed by atoms with Gasteiger partial charge in [-0.05, 0) is 82.1 Å². The number of hydrogen-bond donors (Lipinski definition) is 2. The minimum absolute atomic E-state index is 0.0255. The second-order valence-electron chi connectivity index (χ2n) is 9.33. The Labute approximate surface area is 229 Å².